The number of rotatable bonds is 10. The molecule has 0 aliphatic carbocycles. The topological polar surface area (TPSA) is 133 Å². The molecule has 0 aromatic heterocycles. The van der Waals surface area contributed by atoms with Gasteiger partial charge in [-0.05, 0) is 74.1 Å². The van der Waals surface area contributed by atoms with Gasteiger partial charge in [0.25, 0.3) is 0 Å². The van der Waals surface area contributed by atoms with Crippen molar-refractivity contribution in [1.82, 2.24) is 9.62 Å². The van der Waals surface area contributed by atoms with Crippen molar-refractivity contribution in [2.24, 2.45) is 0 Å². The van der Waals surface area contributed by atoms with Crippen LogP contribution in [0.1, 0.15) is 50.5 Å². The van der Waals surface area contributed by atoms with E-state index >= 15 is 0 Å². The Morgan fingerprint density at radius 3 is 2.26 bits per heavy atom. The molecule has 2 N–H and O–H groups in total. The van der Waals surface area contributed by atoms with E-state index in [4.69, 9.17) is 9.84 Å². The van der Waals surface area contributed by atoms with Gasteiger partial charge in [-0.15, -0.1) is 0 Å². The van der Waals surface area contributed by atoms with Crippen molar-refractivity contribution in [3.63, 3.8) is 0 Å². The maximum Gasteiger partial charge on any atom is 0.322 e. The number of amides is 1. The Kier molecular flexibility index (Phi) is 8.68. The molecule has 11 heteroatoms. The SMILES string of the molecule is CCC(C(=O)Oc1ccc(S(=O)(=O)N2CCC[C@H]2C(=O)NCC(=O)O)cc1)c1ccc(N2CCCC2)cc1. The number of esters is 1. The minimum atomic E-state index is -4.01. The van der Waals surface area contributed by atoms with E-state index < -0.39 is 46.4 Å². The predicted octanol–water partition coefficient (Wildman–Crippen LogP) is 2.74. The van der Waals surface area contributed by atoms with Crippen molar-refractivity contribution in [2.75, 3.05) is 31.1 Å². The third-order valence-electron chi connectivity index (χ3n) is 7.03. The van der Waals surface area contributed by atoms with E-state index in [1.807, 2.05) is 31.2 Å². The first kappa shape index (κ1) is 27.6. The number of hydrogen-bond acceptors (Lipinski definition) is 7. The van der Waals surface area contributed by atoms with E-state index in [-0.39, 0.29) is 17.2 Å². The number of nitrogens with one attached hydrogen (secondary N) is 1. The summed E-state index contributed by atoms with van der Waals surface area (Å²) < 4.78 is 33.1. The van der Waals surface area contributed by atoms with Gasteiger partial charge in [0.15, 0.2) is 0 Å². The van der Waals surface area contributed by atoms with E-state index in [1.54, 1.807) is 0 Å². The molecule has 2 aliphatic heterocycles. The molecule has 2 atom stereocenters. The third kappa shape index (κ3) is 6.16. The Morgan fingerprint density at radius 2 is 1.66 bits per heavy atom. The Hall–Kier alpha value is -3.44. The van der Waals surface area contributed by atoms with Crippen LogP contribution >= 0.6 is 0 Å². The summed E-state index contributed by atoms with van der Waals surface area (Å²) in [6.07, 6.45) is 3.71. The summed E-state index contributed by atoms with van der Waals surface area (Å²) in [6.45, 7) is 3.57. The summed E-state index contributed by atoms with van der Waals surface area (Å²) in [5.74, 6) is -2.51. The van der Waals surface area contributed by atoms with Crippen molar-refractivity contribution < 1.29 is 32.6 Å². The number of sulfonamides is 1. The minimum Gasteiger partial charge on any atom is -0.480 e. The summed E-state index contributed by atoms with van der Waals surface area (Å²) in [4.78, 5) is 38.4. The zero-order chi connectivity index (χ0) is 27.3. The monoisotopic (exact) mass is 543 g/mol. The van der Waals surface area contributed by atoms with E-state index in [9.17, 15) is 22.8 Å². The minimum absolute atomic E-state index is 0.0419. The lowest BCUT2D eigenvalue weighted by Crippen LogP contribution is -2.46. The molecule has 2 saturated heterocycles. The first-order valence-electron chi connectivity index (χ1n) is 12.9. The standard InChI is InChI=1S/C27H33N3O7S/c1-2-23(19-7-9-20(10-8-19)29-15-3-4-16-29)27(34)37-21-11-13-22(14-12-21)38(35,36)30-17-5-6-24(30)26(33)28-18-25(31)32/h7-14,23-24H,2-6,15-18H2,1H3,(H,28,33)(H,31,32)/t23?,24-/m0/s1. The normalized spacial score (nSPS) is 18.8. The van der Waals surface area contributed by atoms with Crippen molar-refractivity contribution >= 4 is 33.6 Å². The molecule has 2 aromatic carbocycles. The molecule has 0 radical (unpaired) electrons. The lowest BCUT2D eigenvalue weighted by atomic mass is 9.96. The lowest BCUT2D eigenvalue weighted by Gasteiger charge is -2.23. The summed E-state index contributed by atoms with van der Waals surface area (Å²) in [7, 11) is -4.01. The van der Waals surface area contributed by atoms with E-state index in [0.717, 1.165) is 28.6 Å². The smallest absolute Gasteiger partial charge is 0.322 e. The number of hydrogen-bond donors (Lipinski definition) is 2. The first-order valence-corrected chi connectivity index (χ1v) is 14.3. The molecule has 204 valence electrons. The highest BCUT2D eigenvalue weighted by molar-refractivity contribution is 7.89. The molecule has 0 saturated carbocycles. The number of carboxylic acids is 1. The second-order valence-corrected chi connectivity index (χ2v) is 11.4. The fourth-order valence-electron chi connectivity index (χ4n) is 5.00. The number of ether oxygens (including phenoxy) is 1. The number of aliphatic carboxylic acids is 1. The van der Waals surface area contributed by atoms with Crippen LogP contribution in [-0.2, 0) is 24.4 Å². The van der Waals surface area contributed by atoms with Crippen LogP contribution in [-0.4, -0.2) is 67.9 Å². The van der Waals surface area contributed by atoms with Gasteiger partial charge in [0.2, 0.25) is 15.9 Å². The lowest BCUT2D eigenvalue weighted by molar-refractivity contribution is -0.138. The molecule has 2 aliphatic rings. The Morgan fingerprint density at radius 1 is 1.00 bits per heavy atom. The summed E-state index contributed by atoms with van der Waals surface area (Å²) in [5.41, 5.74) is 2.01. The van der Waals surface area contributed by atoms with Gasteiger partial charge in [-0.25, -0.2) is 8.42 Å². The van der Waals surface area contributed by atoms with Crippen LogP contribution in [0, 0.1) is 0 Å². The van der Waals surface area contributed by atoms with Crippen LogP contribution in [0.5, 0.6) is 5.75 Å². The van der Waals surface area contributed by atoms with Crippen LogP contribution in [0.3, 0.4) is 0 Å². The fourth-order valence-corrected chi connectivity index (χ4v) is 6.66. The molecule has 2 aromatic rings. The average molecular weight is 544 g/mol. The van der Waals surface area contributed by atoms with Crippen molar-refractivity contribution in [2.45, 2.75) is 55.9 Å². The maximum atomic E-state index is 13.2. The van der Waals surface area contributed by atoms with Gasteiger partial charge in [-0.2, -0.15) is 4.31 Å². The predicted molar refractivity (Wildman–Crippen MR) is 141 cm³/mol. The number of benzene rings is 2. The highest BCUT2D eigenvalue weighted by Gasteiger charge is 2.39. The van der Waals surface area contributed by atoms with Gasteiger partial charge in [-0.3, -0.25) is 14.4 Å². The van der Waals surface area contributed by atoms with Crippen LogP contribution in [0.2, 0.25) is 0 Å². The largest absolute Gasteiger partial charge is 0.480 e. The number of anilines is 1. The second-order valence-electron chi connectivity index (χ2n) is 9.52. The molecule has 1 amide bonds. The fraction of sp³-hybridized carbons (Fsp3) is 0.444. The molecule has 38 heavy (non-hydrogen) atoms. The summed E-state index contributed by atoms with van der Waals surface area (Å²) in [6, 6.07) is 12.5. The van der Waals surface area contributed by atoms with Crippen LogP contribution < -0.4 is 15.0 Å². The highest BCUT2D eigenvalue weighted by Crippen LogP contribution is 2.29. The maximum absolute atomic E-state index is 13.2. The number of carboxylic acid groups (broad SMARTS) is 1. The third-order valence-corrected chi connectivity index (χ3v) is 8.95. The van der Waals surface area contributed by atoms with Gasteiger partial charge in [-0.1, -0.05) is 19.1 Å². The van der Waals surface area contributed by atoms with Crippen molar-refractivity contribution in [3.05, 3.63) is 54.1 Å². The zero-order valence-electron chi connectivity index (χ0n) is 21.3. The van der Waals surface area contributed by atoms with E-state index in [0.29, 0.717) is 19.3 Å². The number of nitrogens with zero attached hydrogens (tertiary/aromatic N) is 2. The van der Waals surface area contributed by atoms with Crippen molar-refractivity contribution in [1.29, 1.82) is 0 Å². The molecule has 10 nitrogen and oxygen atoms in total. The molecule has 2 fully saturated rings. The average Bonchev–Trinajstić information content (AvgIpc) is 3.62. The van der Waals surface area contributed by atoms with Gasteiger partial charge >= 0.3 is 11.9 Å². The Labute approximate surface area is 222 Å². The molecule has 0 spiro atoms. The quantitative estimate of drug-likeness (QED) is 0.345. The second kappa shape index (κ2) is 12.0. The van der Waals surface area contributed by atoms with Gasteiger partial charge in [0.05, 0.1) is 10.8 Å². The van der Waals surface area contributed by atoms with E-state index in [1.165, 1.54) is 37.1 Å². The van der Waals surface area contributed by atoms with Gasteiger partial charge in [0, 0.05) is 25.3 Å². The Balaban J connectivity index is 1.41. The number of carbonyl (C=O) groups excluding carboxylic acids is 2. The van der Waals surface area contributed by atoms with Crippen LogP contribution in [0.25, 0.3) is 0 Å². The van der Waals surface area contributed by atoms with Gasteiger partial charge < -0.3 is 20.1 Å². The summed E-state index contributed by atoms with van der Waals surface area (Å²) in [5, 5.41) is 11.0. The van der Waals surface area contributed by atoms with Crippen LogP contribution in [0.4, 0.5) is 5.69 Å². The highest BCUT2D eigenvalue weighted by atomic mass is 32.2. The van der Waals surface area contributed by atoms with Crippen molar-refractivity contribution in [3.8, 4) is 5.75 Å². The molecule has 4 rings (SSSR count). The number of carbonyl (C=O) groups is 3. The molecular formula is C27H33N3O7S. The molecular weight excluding hydrogens is 510 g/mol. The summed E-state index contributed by atoms with van der Waals surface area (Å²) >= 11 is 0. The van der Waals surface area contributed by atoms with Gasteiger partial charge in [0.1, 0.15) is 18.3 Å². The first-order chi connectivity index (χ1) is 18.2. The van der Waals surface area contributed by atoms with Crippen LogP contribution in [0.15, 0.2) is 53.4 Å². The molecule has 2 heterocycles. The zero-order valence-corrected chi connectivity index (χ0v) is 22.2. The Bertz CT molecular complexity index is 1260. The molecule has 0 bridgehead atoms. The molecule has 1 unspecified atom stereocenters. The van der Waals surface area contributed by atoms with E-state index in [2.05, 4.69) is 10.2 Å².